The van der Waals surface area contributed by atoms with E-state index in [2.05, 4.69) is 52.4 Å². The van der Waals surface area contributed by atoms with Crippen LogP contribution in [0.25, 0.3) is 0 Å². The molecular weight excluding hydrogens is 266 g/mol. The Labute approximate surface area is 128 Å². The van der Waals surface area contributed by atoms with E-state index in [1.807, 2.05) is 0 Å². The Balaban J connectivity index is 1.66. The van der Waals surface area contributed by atoms with Gasteiger partial charge in [0.05, 0.1) is 0 Å². The highest BCUT2D eigenvalue weighted by molar-refractivity contribution is 7.80. The molecule has 1 fully saturated rings. The molecule has 20 heavy (non-hydrogen) atoms. The van der Waals surface area contributed by atoms with Gasteiger partial charge in [-0.05, 0) is 37.2 Å². The topological polar surface area (TPSA) is 18.5 Å². The molecular formula is C16H25N3S. The molecule has 1 heterocycles. The van der Waals surface area contributed by atoms with Crippen molar-refractivity contribution in [3.05, 3.63) is 35.9 Å². The molecule has 0 bridgehead atoms. The van der Waals surface area contributed by atoms with Crippen LogP contribution in [0.3, 0.4) is 0 Å². The Hall–Kier alpha value is -1.13. The zero-order valence-electron chi connectivity index (χ0n) is 12.3. The van der Waals surface area contributed by atoms with Crippen LogP contribution in [-0.2, 0) is 6.42 Å². The first-order chi connectivity index (χ1) is 9.79. The van der Waals surface area contributed by atoms with Crippen molar-refractivity contribution in [2.24, 2.45) is 0 Å². The summed E-state index contributed by atoms with van der Waals surface area (Å²) in [6.45, 7) is 8.74. The molecule has 1 saturated heterocycles. The van der Waals surface area contributed by atoms with E-state index < -0.39 is 0 Å². The van der Waals surface area contributed by atoms with Gasteiger partial charge >= 0.3 is 0 Å². The Bertz CT molecular complexity index is 399. The number of nitrogens with one attached hydrogen (secondary N) is 1. The predicted octanol–water partition coefficient (Wildman–Crippen LogP) is 2.13. The van der Waals surface area contributed by atoms with E-state index in [1.165, 1.54) is 18.5 Å². The van der Waals surface area contributed by atoms with Gasteiger partial charge in [0.15, 0.2) is 5.11 Å². The minimum Gasteiger partial charge on any atom is -0.362 e. The molecule has 1 N–H and O–H groups in total. The monoisotopic (exact) mass is 291 g/mol. The van der Waals surface area contributed by atoms with Crippen molar-refractivity contribution in [3.63, 3.8) is 0 Å². The molecule has 3 nitrogen and oxygen atoms in total. The Kier molecular flexibility index (Phi) is 6.27. The van der Waals surface area contributed by atoms with Gasteiger partial charge in [0.1, 0.15) is 0 Å². The molecule has 0 aliphatic carbocycles. The largest absolute Gasteiger partial charge is 0.362 e. The van der Waals surface area contributed by atoms with Gasteiger partial charge in [-0.3, -0.25) is 4.90 Å². The van der Waals surface area contributed by atoms with Crippen molar-refractivity contribution >= 4 is 17.3 Å². The molecule has 0 saturated carbocycles. The van der Waals surface area contributed by atoms with E-state index in [9.17, 15) is 0 Å². The van der Waals surface area contributed by atoms with Gasteiger partial charge in [-0.2, -0.15) is 0 Å². The molecule has 1 aromatic carbocycles. The highest BCUT2D eigenvalue weighted by atomic mass is 32.1. The van der Waals surface area contributed by atoms with Crippen LogP contribution < -0.4 is 5.32 Å². The van der Waals surface area contributed by atoms with E-state index in [-0.39, 0.29) is 0 Å². The first kappa shape index (κ1) is 15.3. The fraction of sp³-hybridized carbons (Fsp3) is 0.562. The Morgan fingerprint density at radius 3 is 2.50 bits per heavy atom. The Morgan fingerprint density at radius 1 is 1.15 bits per heavy atom. The zero-order chi connectivity index (χ0) is 14.2. The maximum atomic E-state index is 5.49. The van der Waals surface area contributed by atoms with Crippen molar-refractivity contribution in [2.75, 3.05) is 39.3 Å². The summed E-state index contributed by atoms with van der Waals surface area (Å²) in [4.78, 5) is 4.82. The average Bonchev–Trinajstić information content (AvgIpc) is 2.49. The van der Waals surface area contributed by atoms with Gasteiger partial charge in [0.2, 0.25) is 0 Å². The fourth-order valence-corrected chi connectivity index (χ4v) is 2.85. The molecule has 4 heteroatoms. The number of nitrogens with zero attached hydrogens (tertiary/aromatic N) is 2. The number of benzene rings is 1. The van der Waals surface area contributed by atoms with E-state index in [0.717, 1.165) is 44.3 Å². The molecule has 2 rings (SSSR count). The van der Waals surface area contributed by atoms with Crippen molar-refractivity contribution in [1.82, 2.24) is 15.1 Å². The summed E-state index contributed by atoms with van der Waals surface area (Å²) in [6.07, 6.45) is 2.26. The summed E-state index contributed by atoms with van der Waals surface area (Å²) < 4.78 is 0. The molecule has 1 aliphatic heterocycles. The molecule has 110 valence electrons. The van der Waals surface area contributed by atoms with E-state index in [4.69, 9.17) is 12.2 Å². The number of hydrogen-bond donors (Lipinski definition) is 1. The highest BCUT2D eigenvalue weighted by Crippen LogP contribution is 2.03. The third-order valence-corrected chi connectivity index (χ3v) is 4.13. The summed E-state index contributed by atoms with van der Waals surface area (Å²) >= 11 is 5.49. The van der Waals surface area contributed by atoms with Crippen LogP contribution in [0.1, 0.15) is 18.9 Å². The molecule has 0 aromatic heterocycles. The van der Waals surface area contributed by atoms with Crippen molar-refractivity contribution in [2.45, 2.75) is 19.8 Å². The molecule has 0 radical (unpaired) electrons. The lowest BCUT2D eigenvalue weighted by atomic mass is 10.1. The normalized spacial score (nSPS) is 16.1. The lowest BCUT2D eigenvalue weighted by Crippen LogP contribution is -2.51. The lowest BCUT2D eigenvalue weighted by molar-refractivity contribution is 0.181. The van der Waals surface area contributed by atoms with E-state index in [1.54, 1.807) is 0 Å². The van der Waals surface area contributed by atoms with Crippen molar-refractivity contribution in [1.29, 1.82) is 0 Å². The summed E-state index contributed by atoms with van der Waals surface area (Å²) in [6, 6.07) is 10.5. The summed E-state index contributed by atoms with van der Waals surface area (Å²) in [7, 11) is 0. The first-order valence-electron chi connectivity index (χ1n) is 7.58. The van der Waals surface area contributed by atoms with Crippen LogP contribution >= 0.6 is 12.2 Å². The van der Waals surface area contributed by atoms with Crippen LogP contribution in [0.4, 0.5) is 0 Å². The van der Waals surface area contributed by atoms with Gasteiger partial charge in [-0.15, -0.1) is 0 Å². The molecule has 0 spiro atoms. The van der Waals surface area contributed by atoms with Crippen LogP contribution in [-0.4, -0.2) is 54.2 Å². The Morgan fingerprint density at radius 2 is 1.85 bits per heavy atom. The molecule has 0 atom stereocenters. The smallest absolute Gasteiger partial charge is 0.169 e. The second kappa shape index (κ2) is 8.22. The lowest BCUT2D eigenvalue weighted by Gasteiger charge is -2.36. The number of hydrogen-bond acceptors (Lipinski definition) is 2. The number of piperazine rings is 1. The molecule has 1 aromatic rings. The standard InChI is InChI=1S/C16H25N3S/c1-2-10-18-11-13-19(14-12-18)16(20)17-9-8-15-6-4-3-5-7-15/h3-7H,2,8-14H2,1H3,(H,17,20). The maximum absolute atomic E-state index is 5.49. The third kappa shape index (κ3) is 4.76. The van der Waals surface area contributed by atoms with Crippen molar-refractivity contribution in [3.8, 4) is 0 Å². The summed E-state index contributed by atoms with van der Waals surface area (Å²) in [5.74, 6) is 0. The first-order valence-corrected chi connectivity index (χ1v) is 7.99. The number of thiocarbonyl (C=S) groups is 1. The average molecular weight is 291 g/mol. The number of rotatable bonds is 5. The fourth-order valence-electron chi connectivity index (χ4n) is 2.56. The van der Waals surface area contributed by atoms with E-state index in [0.29, 0.717) is 0 Å². The minimum atomic E-state index is 0.914. The quantitative estimate of drug-likeness (QED) is 0.837. The predicted molar refractivity (Wildman–Crippen MR) is 89.1 cm³/mol. The van der Waals surface area contributed by atoms with Crippen LogP contribution in [0, 0.1) is 0 Å². The van der Waals surface area contributed by atoms with Gasteiger partial charge in [0, 0.05) is 32.7 Å². The van der Waals surface area contributed by atoms with Gasteiger partial charge in [0.25, 0.3) is 0 Å². The van der Waals surface area contributed by atoms with Crippen LogP contribution in [0.5, 0.6) is 0 Å². The highest BCUT2D eigenvalue weighted by Gasteiger charge is 2.17. The summed E-state index contributed by atoms with van der Waals surface area (Å²) in [5, 5.41) is 4.30. The second-order valence-electron chi connectivity index (χ2n) is 5.30. The SMILES string of the molecule is CCCN1CCN(C(=S)NCCc2ccccc2)CC1. The van der Waals surface area contributed by atoms with Gasteiger partial charge < -0.3 is 10.2 Å². The van der Waals surface area contributed by atoms with E-state index >= 15 is 0 Å². The summed E-state index contributed by atoms with van der Waals surface area (Å²) in [5.41, 5.74) is 1.36. The van der Waals surface area contributed by atoms with Gasteiger partial charge in [-0.1, -0.05) is 37.3 Å². The second-order valence-corrected chi connectivity index (χ2v) is 5.68. The third-order valence-electron chi connectivity index (χ3n) is 3.73. The van der Waals surface area contributed by atoms with Crippen LogP contribution in [0.15, 0.2) is 30.3 Å². The zero-order valence-corrected chi connectivity index (χ0v) is 13.2. The molecule has 0 unspecified atom stereocenters. The van der Waals surface area contributed by atoms with Crippen molar-refractivity contribution < 1.29 is 0 Å². The maximum Gasteiger partial charge on any atom is 0.169 e. The minimum absolute atomic E-state index is 0.914. The molecule has 0 amide bonds. The molecule has 1 aliphatic rings. The van der Waals surface area contributed by atoms with Gasteiger partial charge in [-0.25, -0.2) is 0 Å². The van der Waals surface area contributed by atoms with Crippen LogP contribution in [0.2, 0.25) is 0 Å².